The fourth-order valence-electron chi connectivity index (χ4n) is 2.64. The third kappa shape index (κ3) is 7.15. The maximum absolute atomic E-state index is 12.9. The molecule has 0 aliphatic carbocycles. The molecule has 0 unspecified atom stereocenters. The number of aliphatic imine (C=N–C) groups is 1. The van der Waals surface area contributed by atoms with E-state index in [9.17, 15) is 4.39 Å². The monoisotopic (exact) mass is 512 g/mol. The number of unbranched alkanes of at least 4 members (excludes halogenated alkanes) is 1. The van der Waals surface area contributed by atoms with Crippen LogP contribution in [0.2, 0.25) is 0 Å². The molecule has 29 heavy (non-hydrogen) atoms. The van der Waals surface area contributed by atoms with Crippen LogP contribution in [-0.4, -0.2) is 40.3 Å². The number of aromatic nitrogens is 3. The van der Waals surface area contributed by atoms with Gasteiger partial charge in [0.15, 0.2) is 17.4 Å². The van der Waals surface area contributed by atoms with Crippen LogP contribution in [-0.2, 0) is 6.54 Å². The van der Waals surface area contributed by atoms with E-state index in [1.165, 1.54) is 12.1 Å². The van der Waals surface area contributed by atoms with E-state index in [1.54, 1.807) is 12.1 Å². The first-order chi connectivity index (χ1) is 13.8. The van der Waals surface area contributed by atoms with Gasteiger partial charge < -0.3 is 15.4 Å². The molecular formula is C20H26FIN6O. The molecular weight excluding hydrogens is 486 g/mol. The summed E-state index contributed by atoms with van der Waals surface area (Å²) in [6.07, 6.45) is 3.75. The fourth-order valence-corrected chi connectivity index (χ4v) is 2.64. The first-order valence-electron chi connectivity index (χ1n) is 9.45. The standard InChI is InChI=1S/C20H25FN6O.HI/c1-2-22-20(24-15-19-26-25-18-7-3-5-13-27(18)19)23-12-4-6-14-28-17-10-8-16(21)9-11-17;/h3,5,7-11,13H,2,4,6,12,14-15H2,1H3,(H2,22,23,24);1H. The molecule has 0 radical (unpaired) electrons. The van der Waals surface area contributed by atoms with Crippen LogP contribution in [0.1, 0.15) is 25.6 Å². The van der Waals surface area contributed by atoms with Crippen molar-refractivity contribution in [3.05, 3.63) is 60.3 Å². The summed E-state index contributed by atoms with van der Waals surface area (Å²) < 4.78 is 20.4. The summed E-state index contributed by atoms with van der Waals surface area (Å²) in [5, 5.41) is 14.9. The first kappa shape index (κ1) is 22.9. The zero-order chi connectivity index (χ0) is 19.6. The van der Waals surface area contributed by atoms with Crippen LogP contribution in [0, 0.1) is 5.82 Å². The molecule has 1 aromatic carbocycles. The summed E-state index contributed by atoms with van der Waals surface area (Å²) in [5.74, 6) is 1.96. The lowest BCUT2D eigenvalue weighted by molar-refractivity contribution is 0.306. The second kappa shape index (κ2) is 12.2. The molecule has 0 fully saturated rings. The zero-order valence-corrected chi connectivity index (χ0v) is 18.7. The molecule has 7 nitrogen and oxygen atoms in total. The predicted molar refractivity (Wildman–Crippen MR) is 122 cm³/mol. The van der Waals surface area contributed by atoms with E-state index in [1.807, 2.05) is 35.7 Å². The van der Waals surface area contributed by atoms with Gasteiger partial charge in [0.1, 0.15) is 18.1 Å². The predicted octanol–water partition coefficient (Wildman–Crippen LogP) is 3.40. The minimum atomic E-state index is -0.258. The van der Waals surface area contributed by atoms with E-state index in [0.29, 0.717) is 18.9 Å². The lowest BCUT2D eigenvalue weighted by Gasteiger charge is -2.11. The quantitative estimate of drug-likeness (QED) is 0.199. The van der Waals surface area contributed by atoms with Crippen LogP contribution in [0.25, 0.3) is 5.65 Å². The highest BCUT2D eigenvalue weighted by molar-refractivity contribution is 14.0. The number of nitrogens with zero attached hydrogens (tertiary/aromatic N) is 4. The van der Waals surface area contributed by atoms with Crippen LogP contribution >= 0.6 is 24.0 Å². The second-order valence-corrected chi connectivity index (χ2v) is 6.18. The van der Waals surface area contributed by atoms with Crippen molar-refractivity contribution in [2.75, 3.05) is 19.7 Å². The second-order valence-electron chi connectivity index (χ2n) is 6.18. The highest BCUT2D eigenvalue weighted by atomic mass is 127. The van der Waals surface area contributed by atoms with Crippen molar-refractivity contribution in [1.29, 1.82) is 0 Å². The lowest BCUT2D eigenvalue weighted by atomic mass is 10.3. The summed E-state index contributed by atoms with van der Waals surface area (Å²) in [4.78, 5) is 4.58. The molecule has 0 aliphatic heterocycles. The van der Waals surface area contributed by atoms with Gasteiger partial charge in [0, 0.05) is 19.3 Å². The van der Waals surface area contributed by atoms with Gasteiger partial charge in [-0.15, -0.1) is 34.2 Å². The normalized spacial score (nSPS) is 11.2. The third-order valence-electron chi connectivity index (χ3n) is 4.05. The molecule has 3 rings (SSSR count). The maximum Gasteiger partial charge on any atom is 0.191 e. The van der Waals surface area contributed by atoms with Gasteiger partial charge in [-0.2, -0.15) is 0 Å². The first-order valence-corrected chi connectivity index (χ1v) is 9.45. The van der Waals surface area contributed by atoms with E-state index >= 15 is 0 Å². The molecule has 0 bridgehead atoms. The Morgan fingerprint density at radius 3 is 2.72 bits per heavy atom. The minimum Gasteiger partial charge on any atom is -0.494 e. The summed E-state index contributed by atoms with van der Waals surface area (Å²) in [6, 6.07) is 11.9. The number of ether oxygens (including phenoxy) is 1. The molecule has 0 amide bonds. The summed E-state index contributed by atoms with van der Waals surface area (Å²) in [5.41, 5.74) is 0.812. The van der Waals surface area contributed by atoms with Crippen molar-refractivity contribution in [2.45, 2.75) is 26.3 Å². The largest absolute Gasteiger partial charge is 0.494 e. The number of nitrogens with one attached hydrogen (secondary N) is 2. The van der Waals surface area contributed by atoms with E-state index in [0.717, 1.165) is 43.4 Å². The smallest absolute Gasteiger partial charge is 0.191 e. The Bertz CT molecular complexity index is 899. The Morgan fingerprint density at radius 1 is 1.10 bits per heavy atom. The van der Waals surface area contributed by atoms with Crippen LogP contribution in [0.4, 0.5) is 4.39 Å². The van der Waals surface area contributed by atoms with Gasteiger partial charge in [-0.25, -0.2) is 9.38 Å². The van der Waals surface area contributed by atoms with E-state index < -0.39 is 0 Å². The molecule has 2 N–H and O–H groups in total. The van der Waals surface area contributed by atoms with Crippen molar-refractivity contribution < 1.29 is 9.13 Å². The average molecular weight is 512 g/mol. The highest BCUT2D eigenvalue weighted by Crippen LogP contribution is 2.11. The van der Waals surface area contributed by atoms with Gasteiger partial charge in [-0.3, -0.25) is 4.40 Å². The highest BCUT2D eigenvalue weighted by Gasteiger charge is 2.04. The van der Waals surface area contributed by atoms with Crippen molar-refractivity contribution in [1.82, 2.24) is 25.2 Å². The van der Waals surface area contributed by atoms with Gasteiger partial charge >= 0.3 is 0 Å². The number of rotatable bonds is 9. The van der Waals surface area contributed by atoms with Gasteiger partial charge in [-0.05, 0) is 56.2 Å². The molecule has 0 spiro atoms. The van der Waals surface area contributed by atoms with Gasteiger partial charge in [-0.1, -0.05) is 6.07 Å². The summed E-state index contributed by atoms with van der Waals surface area (Å²) >= 11 is 0. The lowest BCUT2D eigenvalue weighted by Crippen LogP contribution is -2.37. The van der Waals surface area contributed by atoms with Gasteiger partial charge in [0.05, 0.1) is 6.61 Å². The van der Waals surface area contributed by atoms with E-state index in [2.05, 4.69) is 25.8 Å². The molecule has 3 aromatic rings. The van der Waals surface area contributed by atoms with E-state index in [-0.39, 0.29) is 29.8 Å². The molecule has 0 atom stereocenters. The fraction of sp³-hybridized carbons (Fsp3) is 0.350. The van der Waals surface area contributed by atoms with Crippen molar-refractivity contribution in [3.63, 3.8) is 0 Å². The molecule has 2 aromatic heterocycles. The molecule has 0 saturated heterocycles. The van der Waals surface area contributed by atoms with E-state index in [4.69, 9.17) is 4.74 Å². The number of benzene rings is 1. The number of fused-ring (bicyclic) bond motifs is 1. The van der Waals surface area contributed by atoms with Crippen LogP contribution < -0.4 is 15.4 Å². The Kier molecular flexibility index (Phi) is 9.62. The average Bonchev–Trinajstić information content (AvgIpc) is 3.13. The van der Waals surface area contributed by atoms with Gasteiger partial charge in [0.25, 0.3) is 0 Å². The molecule has 2 heterocycles. The van der Waals surface area contributed by atoms with Crippen LogP contribution in [0.15, 0.2) is 53.7 Å². The topological polar surface area (TPSA) is 75.8 Å². The summed E-state index contributed by atoms with van der Waals surface area (Å²) in [6.45, 7) is 4.61. The number of hydrogen-bond acceptors (Lipinski definition) is 4. The van der Waals surface area contributed by atoms with Crippen LogP contribution in [0.5, 0.6) is 5.75 Å². The zero-order valence-electron chi connectivity index (χ0n) is 16.3. The van der Waals surface area contributed by atoms with Gasteiger partial charge in [0.2, 0.25) is 0 Å². The molecule has 156 valence electrons. The Balaban J connectivity index is 0.00000300. The minimum absolute atomic E-state index is 0. The SMILES string of the molecule is CCNC(=NCc1nnc2ccccn12)NCCCCOc1ccc(F)cc1.I. The molecule has 0 aliphatic rings. The number of guanidine groups is 1. The van der Waals surface area contributed by atoms with Crippen molar-refractivity contribution >= 4 is 35.6 Å². The Morgan fingerprint density at radius 2 is 1.93 bits per heavy atom. The van der Waals surface area contributed by atoms with Crippen LogP contribution in [0.3, 0.4) is 0 Å². The number of pyridine rings is 1. The number of hydrogen-bond donors (Lipinski definition) is 2. The Labute approximate surface area is 186 Å². The molecule has 0 saturated carbocycles. The van der Waals surface area contributed by atoms with Crippen molar-refractivity contribution in [2.24, 2.45) is 4.99 Å². The third-order valence-corrected chi connectivity index (χ3v) is 4.05. The number of halogens is 2. The maximum atomic E-state index is 12.9. The van der Waals surface area contributed by atoms with Crippen molar-refractivity contribution in [3.8, 4) is 5.75 Å². The summed E-state index contributed by atoms with van der Waals surface area (Å²) in [7, 11) is 0. The molecule has 9 heteroatoms. The Hall–Kier alpha value is -2.43.